The van der Waals surface area contributed by atoms with Gasteiger partial charge in [0, 0.05) is 17.1 Å². The second-order valence-corrected chi connectivity index (χ2v) is 4.63. The fourth-order valence-corrected chi connectivity index (χ4v) is 2.26. The minimum absolute atomic E-state index is 0.158. The van der Waals surface area contributed by atoms with E-state index in [-0.39, 0.29) is 5.75 Å². The zero-order valence-electron chi connectivity index (χ0n) is 11.0. The van der Waals surface area contributed by atoms with Crippen LogP contribution in [-0.2, 0) is 0 Å². The van der Waals surface area contributed by atoms with Gasteiger partial charge in [0.05, 0.1) is 17.2 Å². The molecule has 0 fully saturated rings. The van der Waals surface area contributed by atoms with Gasteiger partial charge >= 0.3 is 0 Å². The maximum Gasteiger partial charge on any atom is 0.115 e. The summed E-state index contributed by atoms with van der Waals surface area (Å²) in [5.74, 6) is 0.158. The number of para-hydroxylation sites is 1. The van der Waals surface area contributed by atoms with Crippen LogP contribution in [0.2, 0.25) is 0 Å². The van der Waals surface area contributed by atoms with Crippen molar-refractivity contribution in [2.45, 2.75) is 0 Å². The first kappa shape index (κ1) is 12.9. The van der Waals surface area contributed by atoms with Gasteiger partial charge in [0.1, 0.15) is 5.75 Å². The second kappa shape index (κ2) is 5.14. The van der Waals surface area contributed by atoms with Crippen molar-refractivity contribution in [2.24, 2.45) is 0 Å². The molecule has 1 heterocycles. The highest BCUT2D eigenvalue weighted by Gasteiger charge is 2.11. The summed E-state index contributed by atoms with van der Waals surface area (Å²) in [6.07, 6.45) is 2.97. The number of fused-ring (bicyclic) bond motifs is 1. The summed E-state index contributed by atoms with van der Waals surface area (Å²) >= 11 is 0. The normalized spacial score (nSPS) is 11.5. The number of hydrogen-bond acceptors (Lipinski definition) is 2. The molecule has 0 aliphatic heterocycles. The number of aromatic hydroxyl groups is 1. The maximum atomic E-state index is 13.8. The monoisotopic (exact) mass is 278 g/mol. The topological polar surface area (TPSA) is 48.9 Å². The Morgan fingerprint density at radius 2 is 1.86 bits per heavy atom. The summed E-state index contributed by atoms with van der Waals surface area (Å²) in [5.41, 5.74) is 2.11. The zero-order valence-corrected chi connectivity index (χ0v) is 11.0. The lowest BCUT2D eigenvalue weighted by Gasteiger charge is -1.98. The number of phenolic OH excluding ortho intramolecular Hbond substituents is 1. The fraction of sp³-hybridized carbons (Fsp3) is 0. The largest absolute Gasteiger partial charge is 0.508 e. The van der Waals surface area contributed by atoms with E-state index in [1.807, 2.05) is 0 Å². The average molecular weight is 278 g/mol. The number of benzene rings is 2. The first-order valence-corrected chi connectivity index (χ1v) is 6.36. The van der Waals surface area contributed by atoms with Crippen molar-refractivity contribution in [1.29, 1.82) is 5.26 Å². The summed E-state index contributed by atoms with van der Waals surface area (Å²) in [6.45, 7) is 0. The highest BCUT2D eigenvalue weighted by Crippen LogP contribution is 2.28. The van der Waals surface area contributed by atoms with Gasteiger partial charge in [-0.15, -0.1) is 0 Å². The summed E-state index contributed by atoms with van der Waals surface area (Å²) in [4.78, 5) is 0.521. The van der Waals surface area contributed by atoms with E-state index >= 15 is 0 Å². The molecule has 1 aromatic heterocycles. The van der Waals surface area contributed by atoms with E-state index in [0.717, 1.165) is 5.56 Å². The zero-order chi connectivity index (χ0) is 14.8. The Labute approximate surface area is 120 Å². The van der Waals surface area contributed by atoms with Crippen LogP contribution in [0.15, 0.2) is 54.7 Å². The standard InChI is InChI=1S/C17H11FN2O/c18-20-11-16(15-3-1-2-4-17(15)20)13(10-19)9-12-5-7-14(21)8-6-12/h1-9,11,21H/b13-9+. The van der Waals surface area contributed by atoms with Crippen LogP contribution in [0.4, 0.5) is 4.48 Å². The highest BCUT2D eigenvalue weighted by molar-refractivity contribution is 6.01. The van der Waals surface area contributed by atoms with E-state index in [9.17, 15) is 14.8 Å². The summed E-state index contributed by atoms with van der Waals surface area (Å²) in [7, 11) is 0. The van der Waals surface area contributed by atoms with E-state index in [1.165, 1.54) is 6.20 Å². The number of allylic oxidation sites excluding steroid dienone is 1. The van der Waals surface area contributed by atoms with Crippen LogP contribution in [0.3, 0.4) is 0 Å². The first-order valence-electron chi connectivity index (χ1n) is 6.36. The van der Waals surface area contributed by atoms with Gasteiger partial charge in [-0.25, -0.2) is 0 Å². The third-order valence-electron chi connectivity index (χ3n) is 3.28. The van der Waals surface area contributed by atoms with Crippen LogP contribution in [0.1, 0.15) is 11.1 Å². The second-order valence-electron chi connectivity index (χ2n) is 4.63. The Morgan fingerprint density at radius 3 is 2.57 bits per heavy atom. The molecule has 3 rings (SSSR count). The summed E-state index contributed by atoms with van der Waals surface area (Å²) in [6, 6.07) is 15.6. The number of phenols is 1. The molecule has 1 N–H and O–H groups in total. The molecule has 0 radical (unpaired) electrons. The van der Waals surface area contributed by atoms with Crippen molar-refractivity contribution >= 4 is 22.6 Å². The number of rotatable bonds is 2. The van der Waals surface area contributed by atoms with Gasteiger partial charge in [-0.3, -0.25) is 0 Å². The smallest absolute Gasteiger partial charge is 0.115 e. The van der Waals surface area contributed by atoms with Crippen LogP contribution in [0, 0.1) is 11.3 Å². The molecule has 2 aromatic carbocycles. The van der Waals surface area contributed by atoms with Crippen LogP contribution in [0.5, 0.6) is 5.75 Å². The predicted molar refractivity (Wildman–Crippen MR) is 80.0 cm³/mol. The minimum atomic E-state index is 0.158. The Bertz CT molecular complexity index is 870. The lowest BCUT2D eigenvalue weighted by Crippen LogP contribution is -1.80. The van der Waals surface area contributed by atoms with Crippen LogP contribution < -0.4 is 0 Å². The van der Waals surface area contributed by atoms with Gasteiger partial charge in [0.15, 0.2) is 0 Å². The lowest BCUT2D eigenvalue weighted by atomic mass is 10.0. The highest BCUT2D eigenvalue weighted by atomic mass is 19.2. The number of nitriles is 1. The van der Waals surface area contributed by atoms with Crippen molar-refractivity contribution in [3.8, 4) is 11.8 Å². The Kier molecular flexibility index (Phi) is 3.17. The van der Waals surface area contributed by atoms with Gasteiger partial charge in [-0.2, -0.15) is 10.1 Å². The molecule has 0 unspecified atom stereocenters. The van der Waals surface area contributed by atoms with Gasteiger partial charge < -0.3 is 5.11 Å². The molecule has 0 bridgehead atoms. The van der Waals surface area contributed by atoms with Gasteiger partial charge in [-0.1, -0.05) is 34.8 Å². The van der Waals surface area contributed by atoms with Gasteiger partial charge in [-0.05, 0) is 29.8 Å². The third-order valence-corrected chi connectivity index (χ3v) is 3.28. The van der Waals surface area contributed by atoms with E-state index in [0.29, 0.717) is 26.8 Å². The summed E-state index contributed by atoms with van der Waals surface area (Å²) in [5, 5.41) is 19.3. The van der Waals surface area contributed by atoms with E-state index < -0.39 is 0 Å². The third kappa shape index (κ3) is 2.37. The molecule has 3 aromatic rings. The molecule has 0 saturated heterocycles. The van der Waals surface area contributed by atoms with Gasteiger partial charge in [0.25, 0.3) is 0 Å². The predicted octanol–water partition coefficient (Wildman–Crippen LogP) is 4.14. The SMILES string of the molecule is N#C/C(=C\c1ccc(O)cc1)c1cn(F)c2ccccc12. The lowest BCUT2D eigenvalue weighted by molar-refractivity contribution is 0.388. The van der Waals surface area contributed by atoms with Crippen molar-refractivity contribution in [3.63, 3.8) is 0 Å². The molecule has 0 aliphatic rings. The molecular formula is C17H11FN2O. The molecule has 0 aliphatic carbocycles. The molecule has 0 spiro atoms. The fourth-order valence-electron chi connectivity index (χ4n) is 2.26. The Balaban J connectivity index is 2.15. The quantitative estimate of drug-likeness (QED) is 0.716. The van der Waals surface area contributed by atoms with Crippen molar-refractivity contribution in [3.05, 3.63) is 65.9 Å². The van der Waals surface area contributed by atoms with Crippen molar-refractivity contribution < 1.29 is 9.59 Å². The Hall–Kier alpha value is -3.06. The molecule has 0 atom stereocenters. The van der Waals surface area contributed by atoms with Gasteiger partial charge in [0.2, 0.25) is 0 Å². The van der Waals surface area contributed by atoms with Crippen molar-refractivity contribution in [1.82, 2.24) is 4.79 Å². The molecule has 21 heavy (non-hydrogen) atoms. The molecule has 3 nitrogen and oxygen atoms in total. The first-order chi connectivity index (χ1) is 10.2. The van der Waals surface area contributed by atoms with Crippen LogP contribution in [0.25, 0.3) is 22.6 Å². The summed E-state index contributed by atoms with van der Waals surface area (Å²) < 4.78 is 13.8. The Morgan fingerprint density at radius 1 is 1.14 bits per heavy atom. The molecular weight excluding hydrogens is 267 g/mol. The molecule has 0 amide bonds. The van der Waals surface area contributed by atoms with Crippen molar-refractivity contribution in [2.75, 3.05) is 0 Å². The maximum absolute atomic E-state index is 13.8. The van der Waals surface area contributed by atoms with Crippen LogP contribution in [-0.4, -0.2) is 9.90 Å². The number of nitrogens with zero attached hydrogens (tertiary/aromatic N) is 2. The number of halogens is 1. The minimum Gasteiger partial charge on any atom is -0.508 e. The van der Waals surface area contributed by atoms with E-state index in [4.69, 9.17) is 0 Å². The van der Waals surface area contributed by atoms with Crippen LogP contribution >= 0.6 is 0 Å². The molecule has 0 saturated carbocycles. The average Bonchev–Trinajstić information content (AvgIpc) is 2.84. The van der Waals surface area contributed by atoms with E-state index in [1.54, 1.807) is 54.6 Å². The molecule has 102 valence electrons. The molecule has 4 heteroatoms. The van der Waals surface area contributed by atoms with E-state index in [2.05, 4.69) is 6.07 Å². The number of aromatic nitrogens is 1. The number of hydrogen-bond donors (Lipinski definition) is 1.